The third kappa shape index (κ3) is 2.38. The molecule has 2 rings (SSSR count). The van der Waals surface area contributed by atoms with Crippen molar-refractivity contribution in [3.63, 3.8) is 0 Å². The lowest BCUT2D eigenvalue weighted by atomic mass is 10.1. The van der Waals surface area contributed by atoms with Gasteiger partial charge in [-0.25, -0.2) is 4.98 Å². The molecule has 0 aliphatic heterocycles. The Kier molecular flexibility index (Phi) is 3.28. The van der Waals surface area contributed by atoms with Gasteiger partial charge in [0.15, 0.2) is 0 Å². The van der Waals surface area contributed by atoms with Crippen LogP contribution < -0.4 is 0 Å². The van der Waals surface area contributed by atoms with E-state index in [2.05, 4.69) is 9.97 Å². The van der Waals surface area contributed by atoms with E-state index in [1.54, 1.807) is 12.1 Å². The molecule has 0 bridgehead atoms. The van der Waals surface area contributed by atoms with Crippen LogP contribution in [-0.2, 0) is 0 Å². The number of aromatic nitrogens is 2. The van der Waals surface area contributed by atoms with Crippen molar-refractivity contribution in [3.05, 3.63) is 36.2 Å². The summed E-state index contributed by atoms with van der Waals surface area (Å²) in [6.07, 6.45) is -1.06. The van der Waals surface area contributed by atoms with E-state index in [1.807, 2.05) is 18.2 Å². The maximum absolute atomic E-state index is 9.78. The second-order valence-electron chi connectivity index (χ2n) is 3.66. The third-order valence-electron chi connectivity index (χ3n) is 2.44. The predicted octanol–water partition coefficient (Wildman–Crippen LogP) is 0.938. The Bertz CT molecular complexity index is 565. The molecule has 1 aromatic carbocycles. The summed E-state index contributed by atoms with van der Waals surface area (Å²) in [5, 5.41) is 27.7. The lowest BCUT2D eigenvalue weighted by molar-refractivity contribution is 0.0190. The number of hydrogen-bond acceptors (Lipinski definition) is 5. The summed E-state index contributed by atoms with van der Waals surface area (Å²) in [7, 11) is 0. The average molecular weight is 229 g/mol. The van der Waals surface area contributed by atoms with Gasteiger partial charge in [0.1, 0.15) is 6.10 Å². The number of para-hydroxylation sites is 2. The summed E-state index contributed by atoms with van der Waals surface area (Å²) < 4.78 is 0. The van der Waals surface area contributed by atoms with E-state index in [0.717, 1.165) is 5.52 Å². The van der Waals surface area contributed by atoms with Crippen LogP contribution in [0, 0.1) is 11.3 Å². The highest BCUT2D eigenvalue weighted by atomic mass is 16.3. The highest BCUT2D eigenvalue weighted by Gasteiger charge is 2.19. The molecule has 0 amide bonds. The average Bonchev–Trinajstić information content (AvgIpc) is 2.37. The minimum Gasteiger partial charge on any atom is -0.389 e. The summed E-state index contributed by atoms with van der Waals surface area (Å²) in [6, 6.07) is 9.04. The van der Waals surface area contributed by atoms with E-state index in [4.69, 9.17) is 5.26 Å². The summed E-state index contributed by atoms with van der Waals surface area (Å²) in [5.41, 5.74) is 1.64. The molecular formula is C12H11N3O2. The Labute approximate surface area is 98.0 Å². The molecule has 0 radical (unpaired) electrons. The lowest BCUT2D eigenvalue weighted by Crippen LogP contribution is -2.18. The topological polar surface area (TPSA) is 90.0 Å². The van der Waals surface area contributed by atoms with Gasteiger partial charge in [0, 0.05) is 0 Å². The van der Waals surface area contributed by atoms with Gasteiger partial charge in [-0.1, -0.05) is 12.1 Å². The molecule has 17 heavy (non-hydrogen) atoms. The van der Waals surface area contributed by atoms with Crippen molar-refractivity contribution in [2.75, 3.05) is 0 Å². The molecule has 0 fully saturated rings. The second kappa shape index (κ2) is 4.87. The normalized spacial score (nSPS) is 14.2. The smallest absolute Gasteiger partial charge is 0.124 e. The Morgan fingerprint density at radius 3 is 2.65 bits per heavy atom. The molecule has 2 unspecified atom stereocenters. The van der Waals surface area contributed by atoms with Crippen LogP contribution in [0.5, 0.6) is 0 Å². The highest BCUT2D eigenvalue weighted by Crippen LogP contribution is 2.18. The van der Waals surface area contributed by atoms with Crippen molar-refractivity contribution >= 4 is 11.0 Å². The van der Waals surface area contributed by atoms with Crippen molar-refractivity contribution < 1.29 is 10.2 Å². The van der Waals surface area contributed by atoms with Crippen molar-refractivity contribution in [1.29, 1.82) is 5.26 Å². The molecule has 2 aromatic rings. The van der Waals surface area contributed by atoms with Gasteiger partial charge < -0.3 is 10.2 Å². The molecule has 0 saturated heterocycles. The fraction of sp³-hybridized carbons (Fsp3) is 0.250. The van der Waals surface area contributed by atoms with Gasteiger partial charge >= 0.3 is 0 Å². The number of benzene rings is 1. The van der Waals surface area contributed by atoms with Crippen molar-refractivity contribution in [3.8, 4) is 6.07 Å². The first-order valence-electron chi connectivity index (χ1n) is 5.17. The lowest BCUT2D eigenvalue weighted by Gasteiger charge is -2.14. The van der Waals surface area contributed by atoms with Crippen LogP contribution in [0.15, 0.2) is 30.5 Å². The van der Waals surface area contributed by atoms with Gasteiger partial charge in [0.05, 0.1) is 41.5 Å². The third-order valence-corrected chi connectivity index (χ3v) is 2.44. The molecule has 1 aromatic heterocycles. The highest BCUT2D eigenvalue weighted by molar-refractivity contribution is 5.73. The maximum Gasteiger partial charge on any atom is 0.124 e. The number of nitrogens with zero attached hydrogens (tertiary/aromatic N) is 3. The van der Waals surface area contributed by atoms with Crippen LogP contribution in [0.25, 0.3) is 11.0 Å². The quantitative estimate of drug-likeness (QED) is 0.817. The molecule has 1 heterocycles. The minimum atomic E-state index is -1.19. The fourth-order valence-corrected chi connectivity index (χ4v) is 1.52. The Hall–Kier alpha value is -2.03. The van der Waals surface area contributed by atoms with Crippen molar-refractivity contribution in [1.82, 2.24) is 9.97 Å². The molecule has 0 aliphatic rings. The molecular weight excluding hydrogens is 218 g/mol. The van der Waals surface area contributed by atoms with E-state index in [9.17, 15) is 10.2 Å². The largest absolute Gasteiger partial charge is 0.389 e. The zero-order valence-electron chi connectivity index (χ0n) is 8.98. The first-order chi connectivity index (χ1) is 8.22. The predicted molar refractivity (Wildman–Crippen MR) is 60.7 cm³/mol. The van der Waals surface area contributed by atoms with Crippen LogP contribution in [0.3, 0.4) is 0 Å². The molecule has 0 saturated carbocycles. The van der Waals surface area contributed by atoms with Crippen LogP contribution in [0.2, 0.25) is 0 Å². The summed E-state index contributed by atoms with van der Waals surface area (Å²) in [4.78, 5) is 8.32. The molecule has 5 nitrogen and oxygen atoms in total. The summed E-state index contributed by atoms with van der Waals surface area (Å²) in [6.45, 7) is 0. The Morgan fingerprint density at radius 2 is 1.94 bits per heavy atom. The summed E-state index contributed by atoms with van der Waals surface area (Å²) in [5.74, 6) is 0. The minimum absolute atomic E-state index is 0.143. The first kappa shape index (κ1) is 11.5. The zero-order valence-corrected chi connectivity index (χ0v) is 8.98. The van der Waals surface area contributed by atoms with Crippen LogP contribution in [-0.4, -0.2) is 26.3 Å². The van der Waals surface area contributed by atoms with Gasteiger partial charge in [-0.15, -0.1) is 0 Å². The van der Waals surface area contributed by atoms with Gasteiger partial charge in [0.2, 0.25) is 0 Å². The van der Waals surface area contributed by atoms with E-state index in [-0.39, 0.29) is 12.1 Å². The van der Waals surface area contributed by atoms with E-state index >= 15 is 0 Å². The number of hydrogen-bond donors (Lipinski definition) is 2. The fourth-order valence-electron chi connectivity index (χ4n) is 1.52. The van der Waals surface area contributed by atoms with Gasteiger partial charge in [0.25, 0.3) is 0 Å². The van der Waals surface area contributed by atoms with Gasteiger partial charge in [-0.3, -0.25) is 4.98 Å². The van der Waals surface area contributed by atoms with Gasteiger partial charge in [-0.2, -0.15) is 5.26 Å². The standard InChI is InChI=1S/C12H11N3O2/c13-6-5-11(16)12(17)10-7-14-8-3-1-2-4-9(8)15-10/h1-4,7,11-12,16-17H,5H2. The Morgan fingerprint density at radius 1 is 1.24 bits per heavy atom. The van der Waals surface area contributed by atoms with E-state index in [1.165, 1.54) is 6.20 Å². The molecule has 0 aliphatic carbocycles. The zero-order chi connectivity index (χ0) is 12.3. The number of aliphatic hydroxyl groups is 2. The summed E-state index contributed by atoms with van der Waals surface area (Å²) >= 11 is 0. The van der Waals surface area contributed by atoms with Crippen molar-refractivity contribution in [2.24, 2.45) is 0 Å². The number of fused-ring (bicyclic) bond motifs is 1. The van der Waals surface area contributed by atoms with Crippen LogP contribution in [0.1, 0.15) is 18.2 Å². The Balaban J connectivity index is 2.33. The van der Waals surface area contributed by atoms with Crippen LogP contribution in [0.4, 0.5) is 0 Å². The second-order valence-corrected chi connectivity index (χ2v) is 3.66. The molecule has 2 atom stereocenters. The monoisotopic (exact) mass is 229 g/mol. The number of rotatable bonds is 3. The van der Waals surface area contributed by atoms with Crippen molar-refractivity contribution in [2.45, 2.75) is 18.6 Å². The maximum atomic E-state index is 9.78. The van der Waals surface area contributed by atoms with E-state index in [0.29, 0.717) is 5.52 Å². The molecule has 2 N–H and O–H groups in total. The van der Waals surface area contributed by atoms with E-state index < -0.39 is 12.2 Å². The molecule has 5 heteroatoms. The first-order valence-corrected chi connectivity index (χ1v) is 5.17. The number of nitriles is 1. The number of aliphatic hydroxyl groups excluding tert-OH is 2. The molecule has 86 valence electrons. The van der Waals surface area contributed by atoms with Gasteiger partial charge in [-0.05, 0) is 12.1 Å². The SMILES string of the molecule is N#CCC(O)C(O)c1cnc2ccccc2n1. The molecule has 0 spiro atoms. The van der Waals surface area contributed by atoms with Crippen LogP contribution >= 0.6 is 0 Å².